The summed E-state index contributed by atoms with van der Waals surface area (Å²) in [5, 5.41) is 2.95. The summed E-state index contributed by atoms with van der Waals surface area (Å²) < 4.78 is 1.69. The zero-order valence-electron chi connectivity index (χ0n) is 18.4. The molecule has 0 spiro atoms. The topological polar surface area (TPSA) is 67.2 Å². The molecule has 3 aromatic carbocycles. The third kappa shape index (κ3) is 4.51. The monoisotopic (exact) mass is 438 g/mol. The fourth-order valence-electron chi connectivity index (χ4n) is 4.35. The van der Waals surface area contributed by atoms with Crippen molar-refractivity contribution in [2.45, 2.75) is 25.8 Å². The van der Waals surface area contributed by atoms with E-state index in [-0.39, 0.29) is 17.9 Å². The molecular formula is C27H26N4O2. The summed E-state index contributed by atoms with van der Waals surface area (Å²) in [5.74, 6) is 0.362. The van der Waals surface area contributed by atoms with Gasteiger partial charge in [-0.3, -0.25) is 9.59 Å². The number of nitrogens with one attached hydrogen (secondary N) is 1. The Hall–Kier alpha value is -3.93. The van der Waals surface area contributed by atoms with Crippen molar-refractivity contribution < 1.29 is 4.79 Å². The van der Waals surface area contributed by atoms with Crippen molar-refractivity contribution in [2.24, 2.45) is 0 Å². The van der Waals surface area contributed by atoms with Gasteiger partial charge in [-0.2, -0.15) is 0 Å². The van der Waals surface area contributed by atoms with Gasteiger partial charge in [0.1, 0.15) is 0 Å². The Bertz CT molecular complexity index is 1320. The van der Waals surface area contributed by atoms with Crippen LogP contribution in [-0.4, -0.2) is 28.5 Å². The summed E-state index contributed by atoms with van der Waals surface area (Å²) in [5.41, 5.74) is 4.37. The van der Waals surface area contributed by atoms with Crippen LogP contribution < -0.4 is 15.8 Å². The SMILES string of the molecule is O=C(CCn1c(=O)c(N2CCCC2)nc2ccccc21)Nc1ccc(-c2ccccc2)cc1. The average molecular weight is 439 g/mol. The fraction of sp³-hybridized carbons (Fsp3) is 0.222. The van der Waals surface area contributed by atoms with Crippen LogP contribution in [0.4, 0.5) is 11.5 Å². The van der Waals surface area contributed by atoms with Crippen molar-refractivity contribution in [2.75, 3.05) is 23.3 Å². The first kappa shape index (κ1) is 20.9. The minimum atomic E-state index is -0.129. The van der Waals surface area contributed by atoms with Crippen LogP contribution in [0, 0.1) is 0 Å². The molecule has 0 aliphatic carbocycles. The number of aryl methyl sites for hydroxylation is 1. The van der Waals surface area contributed by atoms with Gasteiger partial charge in [0.05, 0.1) is 11.0 Å². The molecule has 1 aromatic heterocycles. The smallest absolute Gasteiger partial charge is 0.294 e. The number of aromatic nitrogens is 2. The number of carbonyl (C=O) groups is 1. The Kier molecular flexibility index (Phi) is 5.89. The molecule has 0 saturated carbocycles. The normalized spacial score (nSPS) is 13.4. The molecule has 0 atom stereocenters. The van der Waals surface area contributed by atoms with E-state index in [9.17, 15) is 9.59 Å². The van der Waals surface area contributed by atoms with Crippen LogP contribution in [0.3, 0.4) is 0 Å². The quantitative estimate of drug-likeness (QED) is 0.474. The maximum Gasteiger partial charge on any atom is 0.294 e. The number of amides is 1. The number of fused-ring (bicyclic) bond motifs is 1. The molecule has 4 aromatic rings. The minimum Gasteiger partial charge on any atom is -0.352 e. The van der Waals surface area contributed by atoms with Gasteiger partial charge in [0, 0.05) is 31.7 Å². The van der Waals surface area contributed by atoms with Gasteiger partial charge in [-0.15, -0.1) is 0 Å². The molecule has 1 fully saturated rings. The number of anilines is 2. The molecule has 0 radical (unpaired) electrons. The molecule has 1 aliphatic heterocycles. The Labute approximate surface area is 192 Å². The van der Waals surface area contributed by atoms with E-state index in [4.69, 9.17) is 0 Å². The van der Waals surface area contributed by atoms with Crippen molar-refractivity contribution in [3.05, 3.63) is 89.2 Å². The largest absolute Gasteiger partial charge is 0.352 e. The first-order chi connectivity index (χ1) is 16.2. The van der Waals surface area contributed by atoms with E-state index in [0.29, 0.717) is 12.4 Å². The van der Waals surface area contributed by atoms with E-state index in [2.05, 4.69) is 27.3 Å². The molecule has 6 nitrogen and oxygen atoms in total. The maximum atomic E-state index is 13.2. The zero-order chi connectivity index (χ0) is 22.6. The summed E-state index contributed by atoms with van der Waals surface area (Å²) >= 11 is 0. The number of rotatable bonds is 6. The second kappa shape index (κ2) is 9.28. The zero-order valence-corrected chi connectivity index (χ0v) is 18.4. The van der Waals surface area contributed by atoms with Gasteiger partial charge >= 0.3 is 0 Å². The predicted molar refractivity (Wildman–Crippen MR) is 133 cm³/mol. The maximum absolute atomic E-state index is 13.2. The lowest BCUT2D eigenvalue weighted by Crippen LogP contribution is -2.32. The Morgan fingerprint density at radius 3 is 2.27 bits per heavy atom. The molecule has 5 rings (SSSR count). The molecule has 0 bridgehead atoms. The number of hydrogen-bond donors (Lipinski definition) is 1. The van der Waals surface area contributed by atoms with E-state index in [0.717, 1.165) is 53.8 Å². The first-order valence-electron chi connectivity index (χ1n) is 11.4. The number of para-hydroxylation sites is 2. The van der Waals surface area contributed by atoms with Gasteiger partial charge < -0.3 is 14.8 Å². The van der Waals surface area contributed by atoms with E-state index in [1.165, 1.54) is 0 Å². The summed E-state index contributed by atoms with van der Waals surface area (Å²) in [7, 11) is 0. The van der Waals surface area contributed by atoms with Gasteiger partial charge in [-0.1, -0.05) is 54.6 Å². The van der Waals surface area contributed by atoms with E-state index in [1.807, 2.05) is 66.7 Å². The molecule has 6 heteroatoms. The van der Waals surface area contributed by atoms with E-state index >= 15 is 0 Å². The molecule has 166 valence electrons. The predicted octanol–water partition coefficient (Wildman–Crippen LogP) is 4.69. The number of benzene rings is 3. The van der Waals surface area contributed by atoms with E-state index < -0.39 is 0 Å². The first-order valence-corrected chi connectivity index (χ1v) is 11.4. The lowest BCUT2D eigenvalue weighted by molar-refractivity contribution is -0.116. The summed E-state index contributed by atoms with van der Waals surface area (Å²) in [4.78, 5) is 32.6. The molecule has 1 aliphatic rings. The average Bonchev–Trinajstić information content (AvgIpc) is 3.39. The highest BCUT2D eigenvalue weighted by Crippen LogP contribution is 2.22. The second-order valence-electron chi connectivity index (χ2n) is 8.32. The Morgan fingerprint density at radius 1 is 0.848 bits per heavy atom. The highest BCUT2D eigenvalue weighted by molar-refractivity contribution is 5.91. The minimum absolute atomic E-state index is 0.127. The van der Waals surface area contributed by atoms with Gasteiger partial charge in [0.15, 0.2) is 5.82 Å². The lowest BCUT2D eigenvalue weighted by Gasteiger charge is -2.19. The molecule has 1 amide bonds. The molecule has 2 heterocycles. The molecular weight excluding hydrogens is 412 g/mol. The van der Waals surface area contributed by atoms with Crippen LogP contribution in [0.1, 0.15) is 19.3 Å². The third-order valence-corrected chi connectivity index (χ3v) is 6.08. The molecule has 1 saturated heterocycles. The van der Waals surface area contributed by atoms with Gasteiger partial charge in [0.25, 0.3) is 5.56 Å². The summed E-state index contributed by atoms with van der Waals surface area (Å²) in [6.45, 7) is 2.00. The van der Waals surface area contributed by atoms with Gasteiger partial charge in [-0.25, -0.2) is 4.98 Å². The standard InChI is InChI=1S/C27H26N4O2/c32-25(28-22-14-12-21(13-15-22)20-8-2-1-3-9-20)16-19-31-24-11-5-4-10-23(24)29-26(27(31)33)30-17-6-7-18-30/h1-5,8-15H,6-7,16-19H2,(H,28,32). The third-order valence-electron chi connectivity index (χ3n) is 6.08. The number of nitrogens with zero attached hydrogens (tertiary/aromatic N) is 3. The van der Waals surface area contributed by atoms with Crippen LogP contribution >= 0.6 is 0 Å². The fourth-order valence-corrected chi connectivity index (χ4v) is 4.35. The Morgan fingerprint density at radius 2 is 1.52 bits per heavy atom. The van der Waals surface area contributed by atoms with Crippen LogP contribution in [0.25, 0.3) is 22.2 Å². The molecule has 1 N–H and O–H groups in total. The summed E-state index contributed by atoms with van der Waals surface area (Å²) in [6.07, 6.45) is 2.34. The second-order valence-corrected chi connectivity index (χ2v) is 8.32. The van der Waals surface area contributed by atoms with Crippen LogP contribution in [-0.2, 0) is 11.3 Å². The lowest BCUT2D eigenvalue weighted by atomic mass is 10.1. The van der Waals surface area contributed by atoms with Crippen LogP contribution in [0.5, 0.6) is 0 Å². The molecule has 33 heavy (non-hydrogen) atoms. The van der Waals surface area contributed by atoms with Gasteiger partial charge in [0.2, 0.25) is 5.91 Å². The van der Waals surface area contributed by atoms with Gasteiger partial charge in [-0.05, 0) is 48.2 Å². The van der Waals surface area contributed by atoms with Crippen molar-refractivity contribution >= 4 is 28.4 Å². The van der Waals surface area contributed by atoms with Crippen molar-refractivity contribution in [3.63, 3.8) is 0 Å². The molecule has 0 unspecified atom stereocenters. The van der Waals surface area contributed by atoms with Crippen molar-refractivity contribution in [1.29, 1.82) is 0 Å². The van der Waals surface area contributed by atoms with Crippen LogP contribution in [0.15, 0.2) is 83.7 Å². The van der Waals surface area contributed by atoms with Crippen molar-refractivity contribution in [3.8, 4) is 11.1 Å². The number of carbonyl (C=O) groups excluding carboxylic acids is 1. The summed E-state index contributed by atoms with van der Waals surface area (Å²) in [6, 6.07) is 25.5. The van der Waals surface area contributed by atoms with Crippen molar-refractivity contribution in [1.82, 2.24) is 9.55 Å². The van der Waals surface area contributed by atoms with E-state index in [1.54, 1.807) is 4.57 Å². The number of hydrogen-bond acceptors (Lipinski definition) is 4. The highest BCUT2D eigenvalue weighted by Gasteiger charge is 2.20. The van der Waals surface area contributed by atoms with Crippen LogP contribution in [0.2, 0.25) is 0 Å². The Balaban J connectivity index is 1.32. The highest BCUT2D eigenvalue weighted by atomic mass is 16.2.